The summed E-state index contributed by atoms with van der Waals surface area (Å²) in [4.78, 5) is 0. The Bertz CT molecular complexity index is 245. The fourth-order valence-electron chi connectivity index (χ4n) is 1.27. The summed E-state index contributed by atoms with van der Waals surface area (Å²) in [5.41, 5.74) is 2.90. The third-order valence-electron chi connectivity index (χ3n) is 1.82. The van der Waals surface area contributed by atoms with Crippen LogP contribution in [-0.4, -0.2) is 22.5 Å². The molecular weight excluding hydrogens is 239 g/mol. The first-order valence-electron chi connectivity index (χ1n) is 3.83. The SMILES string of the molecule is Cc1ccccc1[C](C)(C)[Sn]. The molecule has 1 aromatic carbocycles. The second-order valence-electron chi connectivity index (χ2n) is 3.44. The normalized spacial score (nSPS) is 11.6. The Balaban J connectivity index is 3.14. The molecule has 1 rings (SSSR count). The van der Waals surface area contributed by atoms with E-state index in [1.54, 1.807) is 22.5 Å². The monoisotopic (exact) mass is 253 g/mol. The molecule has 3 radical (unpaired) electrons. The second-order valence-corrected chi connectivity index (χ2v) is 7.01. The van der Waals surface area contributed by atoms with Gasteiger partial charge in [-0.05, 0) is 0 Å². The van der Waals surface area contributed by atoms with Crippen molar-refractivity contribution in [1.29, 1.82) is 0 Å². The third-order valence-corrected chi connectivity index (χ3v) is 2.59. The molecule has 0 unspecified atom stereocenters. The van der Waals surface area contributed by atoms with Crippen molar-refractivity contribution in [2.75, 3.05) is 0 Å². The molecule has 1 heteroatoms. The first-order chi connectivity index (χ1) is 5.02. The molecule has 0 aliphatic rings. The van der Waals surface area contributed by atoms with Gasteiger partial charge in [0.05, 0.1) is 0 Å². The maximum absolute atomic E-state index is 2.29. The van der Waals surface area contributed by atoms with Crippen LogP contribution in [0.3, 0.4) is 0 Å². The van der Waals surface area contributed by atoms with Gasteiger partial charge in [0.2, 0.25) is 0 Å². The van der Waals surface area contributed by atoms with Crippen molar-refractivity contribution in [2.45, 2.75) is 24.2 Å². The number of hydrogen-bond donors (Lipinski definition) is 0. The van der Waals surface area contributed by atoms with E-state index >= 15 is 0 Å². The molecule has 0 nitrogen and oxygen atoms in total. The summed E-state index contributed by atoms with van der Waals surface area (Å²) in [6, 6.07) is 8.62. The Kier molecular flexibility index (Phi) is 2.63. The van der Waals surface area contributed by atoms with Gasteiger partial charge in [-0.3, -0.25) is 0 Å². The van der Waals surface area contributed by atoms with Gasteiger partial charge in [0.25, 0.3) is 0 Å². The van der Waals surface area contributed by atoms with Gasteiger partial charge >= 0.3 is 82.1 Å². The molecule has 0 atom stereocenters. The molecule has 0 aromatic heterocycles. The van der Waals surface area contributed by atoms with E-state index < -0.39 is 0 Å². The van der Waals surface area contributed by atoms with Crippen LogP contribution in [0, 0.1) is 6.92 Å². The van der Waals surface area contributed by atoms with Gasteiger partial charge in [0, 0.05) is 0 Å². The molecule has 0 fully saturated rings. The van der Waals surface area contributed by atoms with Crippen LogP contribution in [0.2, 0.25) is 0 Å². The summed E-state index contributed by atoms with van der Waals surface area (Å²) in [5.74, 6) is 0. The fourth-order valence-corrected chi connectivity index (χ4v) is 2.07. The molecule has 1 aromatic rings. The molecule has 0 saturated heterocycles. The molecule has 0 amide bonds. The number of aryl methyl sites for hydroxylation is 1. The molecule has 0 bridgehead atoms. The van der Waals surface area contributed by atoms with E-state index in [0.717, 1.165) is 0 Å². The average molecular weight is 252 g/mol. The van der Waals surface area contributed by atoms with Gasteiger partial charge in [0.1, 0.15) is 0 Å². The summed E-state index contributed by atoms with van der Waals surface area (Å²) in [6.07, 6.45) is 0. The first kappa shape index (κ1) is 9.11. The molecule has 0 heterocycles. The number of benzene rings is 1. The summed E-state index contributed by atoms with van der Waals surface area (Å²) < 4.78 is 0.373. The van der Waals surface area contributed by atoms with E-state index in [2.05, 4.69) is 45.0 Å². The van der Waals surface area contributed by atoms with Crippen molar-refractivity contribution >= 4 is 22.5 Å². The van der Waals surface area contributed by atoms with Gasteiger partial charge < -0.3 is 0 Å². The molecule has 57 valence electrons. The van der Waals surface area contributed by atoms with E-state index in [1.165, 1.54) is 11.1 Å². The summed E-state index contributed by atoms with van der Waals surface area (Å²) in [7, 11) is 0. The Morgan fingerprint density at radius 3 is 2.09 bits per heavy atom. The van der Waals surface area contributed by atoms with Gasteiger partial charge in [-0.15, -0.1) is 0 Å². The van der Waals surface area contributed by atoms with Crippen LogP contribution < -0.4 is 0 Å². The zero-order valence-electron chi connectivity index (χ0n) is 7.31. The number of rotatable bonds is 1. The van der Waals surface area contributed by atoms with E-state index in [1.807, 2.05) is 0 Å². The van der Waals surface area contributed by atoms with Crippen LogP contribution in [0.5, 0.6) is 0 Å². The molecule has 0 spiro atoms. The zero-order chi connectivity index (χ0) is 8.48. The molecule has 0 saturated carbocycles. The third kappa shape index (κ3) is 2.22. The first-order valence-corrected chi connectivity index (χ1v) is 5.25. The molecule has 11 heavy (non-hydrogen) atoms. The second kappa shape index (κ2) is 3.18. The van der Waals surface area contributed by atoms with E-state index in [-0.39, 0.29) is 0 Å². The van der Waals surface area contributed by atoms with E-state index in [4.69, 9.17) is 0 Å². The summed E-state index contributed by atoms with van der Waals surface area (Å²) in [5, 5.41) is 0. The Hall–Kier alpha value is 0.0187. The molecular formula is C10H13Sn. The van der Waals surface area contributed by atoms with Crippen molar-refractivity contribution in [3.63, 3.8) is 0 Å². The van der Waals surface area contributed by atoms with Crippen molar-refractivity contribution < 1.29 is 0 Å². The fraction of sp³-hybridized carbons (Fsp3) is 0.400. The van der Waals surface area contributed by atoms with Crippen molar-refractivity contribution in [3.05, 3.63) is 35.4 Å². The van der Waals surface area contributed by atoms with Gasteiger partial charge in [-0.2, -0.15) is 0 Å². The van der Waals surface area contributed by atoms with Crippen molar-refractivity contribution in [3.8, 4) is 0 Å². The van der Waals surface area contributed by atoms with Crippen LogP contribution in [0.25, 0.3) is 0 Å². The Labute approximate surface area is 82.1 Å². The molecule has 0 aliphatic carbocycles. The quantitative estimate of drug-likeness (QED) is 0.673. The van der Waals surface area contributed by atoms with E-state index in [9.17, 15) is 0 Å². The number of hydrogen-bond acceptors (Lipinski definition) is 0. The van der Waals surface area contributed by atoms with Crippen LogP contribution in [0.4, 0.5) is 0 Å². The van der Waals surface area contributed by atoms with Gasteiger partial charge in [-0.1, -0.05) is 0 Å². The molecule has 0 aliphatic heterocycles. The van der Waals surface area contributed by atoms with Gasteiger partial charge in [-0.25, -0.2) is 0 Å². The van der Waals surface area contributed by atoms with Crippen LogP contribution in [-0.2, 0) is 3.43 Å². The average Bonchev–Trinajstić information content (AvgIpc) is 1.86. The standard InChI is InChI=1S/C10H13.Sn/c1-8(2)10-7-5-4-6-9(10)3;/h4-7H,1-3H3;. The summed E-state index contributed by atoms with van der Waals surface area (Å²) in [6.45, 7) is 6.75. The minimum atomic E-state index is 0.373. The molecule has 0 N–H and O–H groups in total. The Morgan fingerprint density at radius 1 is 1.18 bits per heavy atom. The van der Waals surface area contributed by atoms with Gasteiger partial charge in [0.15, 0.2) is 0 Å². The Morgan fingerprint density at radius 2 is 1.73 bits per heavy atom. The minimum absolute atomic E-state index is 0.373. The van der Waals surface area contributed by atoms with Crippen LogP contribution >= 0.6 is 0 Å². The summed E-state index contributed by atoms with van der Waals surface area (Å²) >= 11 is 1.58. The zero-order valence-corrected chi connectivity index (χ0v) is 10.2. The van der Waals surface area contributed by atoms with E-state index in [0.29, 0.717) is 3.43 Å². The van der Waals surface area contributed by atoms with Crippen molar-refractivity contribution in [1.82, 2.24) is 0 Å². The van der Waals surface area contributed by atoms with Crippen molar-refractivity contribution in [2.24, 2.45) is 0 Å². The van der Waals surface area contributed by atoms with Crippen LogP contribution in [0.1, 0.15) is 25.0 Å². The predicted octanol–water partition coefficient (Wildman–Crippen LogP) is 2.40. The van der Waals surface area contributed by atoms with Crippen LogP contribution in [0.15, 0.2) is 24.3 Å². The predicted molar refractivity (Wildman–Crippen MR) is 50.0 cm³/mol. The maximum atomic E-state index is 2.29. The topological polar surface area (TPSA) is 0 Å².